The van der Waals surface area contributed by atoms with Crippen molar-refractivity contribution in [3.05, 3.63) is 18.6 Å². The van der Waals surface area contributed by atoms with Gasteiger partial charge < -0.3 is 9.64 Å². The summed E-state index contributed by atoms with van der Waals surface area (Å²) in [5.41, 5.74) is 0.712. The Bertz CT molecular complexity index is 1060. The van der Waals surface area contributed by atoms with Gasteiger partial charge in [0.2, 0.25) is 10.0 Å². The lowest BCUT2D eigenvalue weighted by atomic mass is 9.86. The van der Waals surface area contributed by atoms with Gasteiger partial charge in [-0.3, -0.25) is 9.36 Å². The van der Waals surface area contributed by atoms with Crippen LogP contribution in [0.1, 0.15) is 78.6 Å². The van der Waals surface area contributed by atoms with Crippen molar-refractivity contribution < 1.29 is 17.9 Å². The van der Waals surface area contributed by atoms with Crippen molar-refractivity contribution in [1.29, 1.82) is 0 Å². The number of aromatic nitrogens is 3. The van der Waals surface area contributed by atoms with Crippen LogP contribution in [0.5, 0.6) is 0 Å². The highest BCUT2D eigenvalue weighted by Gasteiger charge is 2.35. The van der Waals surface area contributed by atoms with E-state index in [0.29, 0.717) is 24.4 Å². The fourth-order valence-electron chi connectivity index (χ4n) is 4.71. The number of carbonyl (C=O) groups is 1. The lowest BCUT2D eigenvalue weighted by Gasteiger charge is -2.41. The zero-order valence-corrected chi connectivity index (χ0v) is 22.4. The summed E-state index contributed by atoms with van der Waals surface area (Å²) >= 11 is 0. The second-order valence-electron chi connectivity index (χ2n) is 9.69. The first-order valence-corrected chi connectivity index (χ1v) is 14.6. The molecule has 196 valence electrons. The van der Waals surface area contributed by atoms with Gasteiger partial charge in [0.15, 0.2) is 6.73 Å². The van der Waals surface area contributed by atoms with Gasteiger partial charge in [0.25, 0.3) is 0 Å². The second-order valence-corrected chi connectivity index (χ2v) is 11.6. The van der Waals surface area contributed by atoms with E-state index in [2.05, 4.69) is 33.4 Å². The maximum Gasteiger partial charge on any atom is 0.307 e. The molecule has 35 heavy (non-hydrogen) atoms. The van der Waals surface area contributed by atoms with Crippen molar-refractivity contribution in [1.82, 2.24) is 19.3 Å². The van der Waals surface area contributed by atoms with Gasteiger partial charge in [-0.05, 0) is 37.7 Å². The molecule has 1 saturated carbocycles. The molecule has 1 N–H and O–H groups in total. The largest absolute Gasteiger partial charge is 0.444 e. The number of unbranched alkanes of at least 4 members (excludes halogenated alkanes) is 1. The molecule has 0 saturated heterocycles. The summed E-state index contributed by atoms with van der Waals surface area (Å²) in [6.45, 7) is 6.36. The normalized spacial score (nSPS) is 18.9. The summed E-state index contributed by atoms with van der Waals surface area (Å²) in [4.78, 5) is 23.3. The van der Waals surface area contributed by atoms with E-state index in [-0.39, 0.29) is 30.5 Å². The lowest BCUT2D eigenvalue weighted by molar-refractivity contribution is -0.147. The van der Waals surface area contributed by atoms with Crippen LogP contribution in [-0.2, 0) is 26.3 Å². The fraction of sp³-hybridized carbons (Fsp3) is 0.720. The molecule has 0 spiro atoms. The number of sulfonamides is 1. The molecule has 9 nitrogen and oxygen atoms in total. The van der Waals surface area contributed by atoms with Gasteiger partial charge in [-0.1, -0.05) is 46.5 Å². The predicted octanol–water partition coefficient (Wildman–Crippen LogP) is 4.23. The second kappa shape index (κ2) is 12.7. The first-order chi connectivity index (χ1) is 16.8. The number of fused-ring (bicyclic) bond motifs is 1. The average molecular weight is 508 g/mol. The quantitative estimate of drug-likeness (QED) is 0.360. The number of anilines is 1. The first kappa shape index (κ1) is 27.4. The minimum Gasteiger partial charge on any atom is -0.444 e. The van der Waals surface area contributed by atoms with Crippen LogP contribution < -0.4 is 9.62 Å². The molecular weight excluding hydrogens is 466 g/mol. The van der Waals surface area contributed by atoms with E-state index in [1.54, 1.807) is 0 Å². The Morgan fingerprint density at radius 3 is 2.69 bits per heavy atom. The smallest absolute Gasteiger partial charge is 0.307 e. The molecule has 1 aliphatic carbocycles. The number of carbonyl (C=O) groups excluding carboxylic acids is 1. The highest BCUT2D eigenvalue weighted by atomic mass is 32.2. The van der Waals surface area contributed by atoms with Gasteiger partial charge in [-0.25, -0.2) is 23.1 Å². The van der Waals surface area contributed by atoms with Crippen molar-refractivity contribution in [3.63, 3.8) is 0 Å². The molecule has 10 heteroatoms. The molecule has 1 aliphatic rings. The highest BCUT2D eigenvalue weighted by Crippen LogP contribution is 2.32. The van der Waals surface area contributed by atoms with Crippen LogP contribution in [0.15, 0.2) is 18.6 Å². The third-order valence-electron chi connectivity index (χ3n) is 7.01. The van der Waals surface area contributed by atoms with E-state index in [9.17, 15) is 13.2 Å². The van der Waals surface area contributed by atoms with Crippen LogP contribution in [0.4, 0.5) is 5.82 Å². The van der Waals surface area contributed by atoms with Gasteiger partial charge in [0, 0.05) is 31.7 Å². The van der Waals surface area contributed by atoms with Gasteiger partial charge in [-0.15, -0.1) is 0 Å². The van der Waals surface area contributed by atoms with Gasteiger partial charge in [0.1, 0.15) is 17.8 Å². The van der Waals surface area contributed by atoms with Crippen LogP contribution in [0, 0.1) is 5.92 Å². The Morgan fingerprint density at radius 1 is 1.23 bits per heavy atom. The third-order valence-corrected chi connectivity index (χ3v) is 8.65. The predicted molar refractivity (Wildman–Crippen MR) is 139 cm³/mol. The third kappa shape index (κ3) is 7.39. The monoisotopic (exact) mass is 507 g/mol. The van der Waals surface area contributed by atoms with Gasteiger partial charge in [0.05, 0.1) is 11.1 Å². The molecule has 1 unspecified atom stereocenters. The molecule has 2 aromatic heterocycles. The number of rotatable bonds is 15. The van der Waals surface area contributed by atoms with Crippen LogP contribution in [-0.4, -0.2) is 53.8 Å². The molecular formula is C25H41N5O4S. The lowest BCUT2D eigenvalue weighted by Crippen LogP contribution is -2.53. The number of hydrogen-bond acceptors (Lipinski definition) is 7. The van der Waals surface area contributed by atoms with Crippen molar-refractivity contribution in [3.8, 4) is 0 Å². The molecule has 0 aliphatic heterocycles. The zero-order valence-electron chi connectivity index (χ0n) is 21.6. The molecule has 2 aromatic rings. The van der Waals surface area contributed by atoms with Crippen molar-refractivity contribution in [2.24, 2.45) is 5.92 Å². The first-order valence-electron chi connectivity index (χ1n) is 13.0. The summed E-state index contributed by atoms with van der Waals surface area (Å²) in [6.07, 6.45) is 11.4. The summed E-state index contributed by atoms with van der Waals surface area (Å²) < 4.78 is 34.2. The van der Waals surface area contributed by atoms with Gasteiger partial charge >= 0.3 is 5.97 Å². The number of esters is 1. The Balaban J connectivity index is 1.55. The zero-order chi connectivity index (χ0) is 25.4. The van der Waals surface area contributed by atoms with E-state index in [0.717, 1.165) is 36.9 Å². The standard InChI is InChI=1S/C25H41N5O4S/c1-5-8-9-19(7-3)10-11-23(31)34-18-30-13-12-22-24(26-17-27-25(22)30)29(4)21-15-20(16-21)28-35(32,33)14-6-2/h12-13,17,19-21,28H,5-11,14-16,18H2,1-4H3. The SMILES string of the molecule is CCCCC(CC)CCC(=O)OCn1ccc2c(N(C)C3CC(NS(=O)(=O)CCC)C3)ncnc21. The summed E-state index contributed by atoms with van der Waals surface area (Å²) in [7, 11) is -1.23. The fourth-order valence-corrected chi connectivity index (χ4v) is 6.07. The van der Waals surface area contributed by atoms with Crippen LogP contribution >= 0.6 is 0 Å². The maximum absolute atomic E-state index is 12.3. The van der Waals surface area contributed by atoms with Gasteiger partial charge in [-0.2, -0.15) is 0 Å². The summed E-state index contributed by atoms with van der Waals surface area (Å²) in [5, 5.41) is 0.881. The van der Waals surface area contributed by atoms with E-state index in [1.807, 2.05) is 30.8 Å². The van der Waals surface area contributed by atoms with Crippen LogP contribution in [0.3, 0.4) is 0 Å². The molecule has 1 atom stereocenters. The molecule has 1 fully saturated rings. The number of nitrogens with one attached hydrogen (secondary N) is 1. The highest BCUT2D eigenvalue weighted by molar-refractivity contribution is 7.89. The molecule has 0 radical (unpaired) electrons. The molecule has 0 amide bonds. The topological polar surface area (TPSA) is 106 Å². The Kier molecular flexibility index (Phi) is 9.91. The van der Waals surface area contributed by atoms with Crippen molar-refractivity contribution in [2.75, 3.05) is 17.7 Å². The minimum absolute atomic E-state index is 0.0328. The number of nitrogens with zero attached hydrogens (tertiary/aromatic N) is 4. The summed E-state index contributed by atoms with van der Waals surface area (Å²) in [6, 6.07) is 2.10. The molecule has 0 aromatic carbocycles. The number of ether oxygens (including phenoxy) is 1. The average Bonchev–Trinajstić information content (AvgIpc) is 3.22. The molecule has 0 bridgehead atoms. The minimum atomic E-state index is -3.20. The van der Waals surface area contributed by atoms with Crippen LogP contribution in [0.25, 0.3) is 11.0 Å². The molecule has 2 heterocycles. The van der Waals surface area contributed by atoms with E-state index >= 15 is 0 Å². The van der Waals surface area contributed by atoms with E-state index in [1.165, 1.54) is 25.6 Å². The van der Waals surface area contributed by atoms with Crippen molar-refractivity contribution in [2.45, 2.75) is 97.4 Å². The van der Waals surface area contributed by atoms with E-state index in [4.69, 9.17) is 4.74 Å². The Hall–Kier alpha value is -2.20. The van der Waals surface area contributed by atoms with Crippen LogP contribution in [0.2, 0.25) is 0 Å². The molecule has 3 rings (SSSR count). The summed E-state index contributed by atoms with van der Waals surface area (Å²) in [5.74, 6) is 1.35. The van der Waals surface area contributed by atoms with E-state index < -0.39 is 10.0 Å². The van der Waals surface area contributed by atoms with Crippen molar-refractivity contribution >= 4 is 32.8 Å². The maximum atomic E-state index is 12.3. The number of hydrogen-bond donors (Lipinski definition) is 1. The Morgan fingerprint density at radius 2 is 2.00 bits per heavy atom. The Labute approximate surface area is 209 Å².